The monoisotopic (exact) mass is 395 g/mol. The number of carbonyl (C=O) groups is 1. The molecular weight excluding hydrogens is 382 g/mol. The van der Waals surface area contributed by atoms with Crippen LogP contribution in [0.25, 0.3) is 17.7 Å². The normalized spacial score (nSPS) is 14.6. The molecule has 134 valence electrons. The summed E-state index contributed by atoms with van der Waals surface area (Å²) in [6.07, 6.45) is 4.85. The number of benzene rings is 2. The van der Waals surface area contributed by atoms with Crippen molar-refractivity contribution in [1.29, 1.82) is 0 Å². The van der Waals surface area contributed by atoms with Crippen LogP contribution in [0.4, 0.5) is 0 Å². The fourth-order valence-corrected chi connectivity index (χ4v) is 3.93. The van der Waals surface area contributed by atoms with Crippen molar-refractivity contribution < 1.29 is 9.90 Å². The van der Waals surface area contributed by atoms with E-state index < -0.39 is 0 Å². The zero-order chi connectivity index (χ0) is 19.0. The molecule has 1 heterocycles. The number of thiazole rings is 1. The average molecular weight is 396 g/mol. The van der Waals surface area contributed by atoms with Gasteiger partial charge in [-0.05, 0) is 41.0 Å². The topological polar surface area (TPSA) is 59.3 Å². The van der Waals surface area contributed by atoms with Gasteiger partial charge in [-0.15, -0.1) is 0 Å². The molecule has 0 spiro atoms. The van der Waals surface area contributed by atoms with E-state index in [2.05, 4.69) is 0 Å². The maximum absolute atomic E-state index is 12.4. The molecule has 0 amide bonds. The molecule has 0 fully saturated rings. The summed E-state index contributed by atoms with van der Waals surface area (Å²) in [5.41, 5.74) is 3.02. The number of hydrogen-bond acceptors (Lipinski definition) is 4. The fraction of sp³-hybridized carbons (Fsp3) is 0.0476. The Morgan fingerprint density at radius 3 is 2.56 bits per heavy atom. The first-order valence-corrected chi connectivity index (χ1v) is 9.43. The lowest BCUT2D eigenvalue weighted by atomic mass is 9.91. The van der Waals surface area contributed by atoms with Crippen molar-refractivity contribution >= 4 is 46.4 Å². The van der Waals surface area contributed by atoms with Crippen molar-refractivity contribution in [2.24, 2.45) is 0 Å². The van der Waals surface area contributed by atoms with E-state index in [0.717, 1.165) is 28.0 Å². The van der Waals surface area contributed by atoms with Crippen LogP contribution < -0.4 is 4.87 Å². The number of fused-ring (bicyclic) bond motifs is 1. The van der Waals surface area contributed by atoms with Crippen LogP contribution in [0.15, 0.2) is 59.4 Å². The molecule has 27 heavy (non-hydrogen) atoms. The third kappa shape index (κ3) is 3.39. The predicted molar refractivity (Wildman–Crippen MR) is 109 cm³/mol. The fourth-order valence-electron chi connectivity index (χ4n) is 2.98. The number of aromatic hydroxyl groups is 1. The third-order valence-corrected chi connectivity index (χ3v) is 5.52. The molecule has 1 aromatic heterocycles. The lowest BCUT2D eigenvalue weighted by Gasteiger charge is -2.12. The number of allylic oxidation sites excluding steroid dienone is 2. The zero-order valence-corrected chi connectivity index (χ0v) is 15.6. The van der Waals surface area contributed by atoms with Crippen molar-refractivity contribution in [2.45, 2.75) is 6.54 Å². The number of carbonyl (C=O) groups excluding carboxylic acids is 1. The molecule has 1 aliphatic carbocycles. The van der Waals surface area contributed by atoms with Gasteiger partial charge in [0.05, 0.1) is 11.4 Å². The smallest absolute Gasteiger partial charge is 0.310 e. The maximum atomic E-state index is 12.4. The van der Waals surface area contributed by atoms with Crippen molar-refractivity contribution in [3.8, 4) is 5.88 Å². The van der Waals surface area contributed by atoms with Crippen LogP contribution >= 0.6 is 22.9 Å². The highest BCUT2D eigenvalue weighted by Gasteiger charge is 2.20. The van der Waals surface area contributed by atoms with Crippen molar-refractivity contribution in [1.82, 2.24) is 4.57 Å². The highest BCUT2D eigenvalue weighted by molar-refractivity contribution is 7.10. The van der Waals surface area contributed by atoms with E-state index in [1.807, 2.05) is 24.3 Å². The van der Waals surface area contributed by atoms with Gasteiger partial charge in [0.25, 0.3) is 0 Å². The highest BCUT2D eigenvalue weighted by atomic mass is 35.5. The van der Waals surface area contributed by atoms with E-state index in [-0.39, 0.29) is 23.1 Å². The van der Waals surface area contributed by atoms with Crippen LogP contribution in [-0.4, -0.2) is 15.5 Å². The molecule has 4 rings (SSSR count). The molecule has 6 heteroatoms. The number of aromatic nitrogens is 1. The summed E-state index contributed by atoms with van der Waals surface area (Å²) in [5.74, 6) is -0.300. The van der Waals surface area contributed by atoms with Gasteiger partial charge < -0.3 is 5.11 Å². The molecule has 0 bridgehead atoms. The quantitative estimate of drug-likeness (QED) is 0.666. The standard InChI is InChI=1S/C21H14ClNO3S/c22-15-8-5-13(6-9-15)12-23-20(25)19(27-21(23)26)11-17-16-4-2-1-3-14(16)7-10-18(17)24/h1-11,25H,12H2/b17-11-. The van der Waals surface area contributed by atoms with Gasteiger partial charge in [-0.1, -0.05) is 65.4 Å². The lowest BCUT2D eigenvalue weighted by Crippen LogP contribution is -2.13. The van der Waals surface area contributed by atoms with E-state index >= 15 is 0 Å². The van der Waals surface area contributed by atoms with Crippen LogP contribution in [-0.2, 0) is 11.3 Å². The summed E-state index contributed by atoms with van der Waals surface area (Å²) in [5, 5.41) is 11.2. The van der Waals surface area contributed by atoms with Gasteiger partial charge in [-0.2, -0.15) is 0 Å². The first kappa shape index (κ1) is 17.5. The van der Waals surface area contributed by atoms with E-state index in [9.17, 15) is 14.7 Å². The Morgan fingerprint density at radius 1 is 1.04 bits per heavy atom. The van der Waals surface area contributed by atoms with Crippen LogP contribution in [0.5, 0.6) is 5.88 Å². The Labute approximate surface area is 164 Å². The molecule has 0 unspecified atom stereocenters. The molecule has 1 N–H and O–H groups in total. The van der Waals surface area contributed by atoms with Crippen LogP contribution in [0, 0.1) is 0 Å². The molecule has 0 aliphatic heterocycles. The summed E-state index contributed by atoms with van der Waals surface area (Å²) >= 11 is 6.80. The van der Waals surface area contributed by atoms with Gasteiger partial charge >= 0.3 is 4.87 Å². The van der Waals surface area contributed by atoms with Crippen molar-refractivity contribution in [2.75, 3.05) is 0 Å². The maximum Gasteiger partial charge on any atom is 0.310 e. The number of halogens is 1. The number of hydrogen-bond donors (Lipinski definition) is 1. The van der Waals surface area contributed by atoms with Crippen LogP contribution in [0.1, 0.15) is 21.6 Å². The summed E-state index contributed by atoms with van der Waals surface area (Å²) < 4.78 is 1.29. The van der Waals surface area contributed by atoms with Gasteiger partial charge in [0.1, 0.15) is 0 Å². The summed E-state index contributed by atoms with van der Waals surface area (Å²) in [6.45, 7) is 0.228. The van der Waals surface area contributed by atoms with Crippen molar-refractivity contribution in [3.63, 3.8) is 0 Å². The average Bonchev–Trinajstić information content (AvgIpc) is 2.93. The SMILES string of the molecule is O=C1C=Cc2ccccc2/C1=C/c1sc(=O)n(Cc2ccc(Cl)cc2)c1O. The Kier molecular flexibility index (Phi) is 4.56. The number of nitrogens with zero attached hydrogens (tertiary/aromatic N) is 1. The second-order valence-electron chi connectivity index (χ2n) is 6.11. The molecule has 3 aromatic rings. The van der Waals surface area contributed by atoms with Gasteiger partial charge in [-0.3, -0.25) is 14.2 Å². The minimum absolute atomic E-state index is 0.146. The lowest BCUT2D eigenvalue weighted by molar-refractivity contribution is -0.109. The minimum Gasteiger partial charge on any atom is -0.493 e. The van der Waals surface area contributed by atoms with E-state index in [0.29, 0.717) is 15.5 Å². The Morgan fingerprint density at radius 2 is 1.78 bits per heavy atom. The summed E-state index contributed by atoms with van der Waals surface area (Å²) in [6, 6.07) is 14.6. The molecule has 0 radical (unpaired) electrons. The third-order valence-electron chi connectivity index (χ3n) is 4.35. The number of rotatable bonds is 3. The van der Waals surface area contributed by atoms with Crippen molar-refractivity contribution in [3.05, 3.63) is 90.9 Å². The van der Waals surface area contributed by atoms with Crippen LogP contribution in [0.2, 0.25) is 5.02 Å². The molecular formula is C21H14ClNO3S. The Bertz CT molecular complexity index is 1150. The van der Waals surface area contributed by atoms with Gasteiger partial charge in [0.15, 0.2) is 5.78 Å². The predicted octanol–water partition coefficient (Wildman–Crippen LogP) is 4.45. The molecule has 0 saturated carbocycles. The zero-order valence-electron chi connectivity index (χ0n) is 14.1. The van der Waals surface area contributed by atoms with E-state index in [1.54, 1.807) is 36.4 Å². The Hall–Kier alpha value is -2.89. The second kappa shape index (κ2) is 7.02. The molecule has 0 saturated heterocycles. The Balaban J connectivity index is 1.74. The highest BCUT2D eigenvalue weighted by Crippen LogP contribution is 2.32. The van der Waals surface area contributed by atoms with E-state index in [1.165, 1.54) is 10.6 Å². The summed E-state index contributed by atoms with van der Waals surface area (Å²) in [4.78, 5) is 24.8. The largest absolute Gasteiger partial charge is 0.493 e. The van der Waals surface area contributed by atoms with Crippen LogP contribution in [0.3, 0.4) is 0 Å². The number of ketones is 1. The summed E-state index contributed by atoms with van der Waals surface area (Å²) in [7, 11) is 0. The first-order chi connectivity index (χ1) is 13.0. The van der Waals surface area contributed by atoms with Gasteiger partial charge in [0, 0.05) is 10.6 Å². The van der Waals surface area contributed by atoms with Gasteiger partial charge in [-0.25, -0.2) is 0 Å². The van der Waals surface area contributed by atoms with E-state index in [4.69, 9.17) is 11.6 Å². The molecule has 0 atom stereocenters. The molecule has 1 aliphatic rings. The second-order valence-corrected chi connectivity index (χ2v) is 7.54. The molecule has 4 nitrogen and oxygen atoms in total. The molecule has 2 aromatic carbocycles. The first-order valence-electron chi connectivity index (χ1n) is 8.23. The van der Waals surface area contributed by atoms with Gasteiger partial charge in [0.2, 0.25) is 5.88 Å². The minimum atomic E-state index is -0.290.